The number of halogens is 2. The van der Waals surface area contributed by atoms with Gasteiger partial charge in [0.25, 0.3) is 0 Å². The maximum Gasteiger partial charge on any atom is 0.0218 e. The van der Waals surface area contributed by atoms with Gasteiger partial charge in [-0.2, -0.15) is 0 Å². The van der Waals surface area contributed by atoms with Crippen LogP contribution in [0.25, 0.3) is 0 Å². The second-order valence-corrected chi connectivity index (χ2v) is 4.27. The summed E-state index contributed by atoms with van der Waals surface area (Å²) in [5.74, 6) is 0.775. The number of nitrogens with zero attached hydrogens (tertiary/aromatic N) is 1. The molecule has 0 aromatic rings. The predicted octanol–water partition coefficient (Wildman–Crippen LogP) is 2.30. The van der Waals surface area contributed by atoms with Gasteiger partial charge >= 0.3 is 0 Å². The molecule has 1 saturated heterocycles. The van der Waals surface area contributed by atoms with E-state index in [1.54, 1.807) is 0 Å². The Hall–Kier alpha value is 0.500. The van der Waals surface area contributed by atoms with Crippen LogP contribution in [0.3, 0.4) is 0 Å². The molecule has 1 aliphatic heterocycles. The van der Waals surface area contributed by atoms with Crippen LogP contribution in [0.15, 0.2) is 0 Å². The van der Waals surface area contributed by atoms with Crippen molar-refractivity contribution >= 4 is 24.8 Å². The van der Waals surface area contributed by atoms with Gasteiger partial charge < -0.3 is 5.73 Å². The Labute approximate surface area is 100 Å². The third-order valence-corrected chi connectivity index (χ3v) is 2.62. The molecule has 0 amide bonds. The highest BCUT2D eigenvalue weighted by Crippen LogP contribution is 2.17. The Morgan fingerprint density at radius 3 is 2.43 bits per heavy atom. The fourth-order valence-corrected chi connectivity index (χ4v) is 2.04. The third-order valence-electron chi connectivity index (χ3n) is 2.62. The summed E-state index contributed by atoms with van der Waals surface area (Å²) in [6.07, 6.45) is 4.04. The molecule has 0 aromatic carbocycles. The molecule has 1 heterocycles. The first-order valence-corrected chi connectivity index (χ1v) is 5.18. The van der Waals surface area contributed by atoms with Gasteiger partial charge in [-0.15, -0.1) is 24.8 Å². The lowest BCUT2D eigenvalue weighted by molar-refractivity contribution is 0.136. The van der Waals surface area contributed by atoms with Crippen LogP contribution in [0.2, 0.25) is 0 Å². The zero-order valence-corrected chi connectivity index (χ0v) is 10.9. The number of nitrogens with two attached hydrogens (primary N) is 1. The molecule has 2 N–H and O–H groups in total. The summed E-state index contributed by atoms with van der Waals surface area (Å²) in [4.78, 5) is 2.56. The maximum atomic E-state index is 5.73. The molecule has 1 rings (SSSR count). The SMILES string of the molecule is CC(C)CN1CCCCC1CN.Cl.Cl. The van der Waals surface area contributed by atoms with Crippen LogP contribution in [-0.2, 0) is 0 Å². The molecular weight excluding hydrogens is 219 g/mol. The Morgan fingerprint density at radius 2 is 1.93 bits per heavy atom. The number of piperidine rings is 1. The summed E-state index contributed by atoms with van der Waals surface area (Å²) in [5, 5.41) is 0. The largest absolute Gasteiger partial charge is 0.329 e. The van der Waals surface area contributed by atoms with E-state index in [9.17, 15) is 0 Å². The van der Waals surface area contributed by atoms with Gasteiger partial charge in [0.1, 0.15) is 0 Å². The van der Waals surface area contributed by atoms with Crippen molar-refractivity contribution in [3.63, 3.8) is 0 Å². The van der Waals surface area contributed by atoms with Crippen LogP contribution in [0.1, 0.15) is 33.1 Å². The number of rotatable bonds is 3. The molecule has 88 valence electrons. The van der Waals surface area contributed by atoms with Crippen LogP contribution in [0, 0.1) is 5.92 Å². The first-order valence-electron chi connectivity index (χ1n) is 5.18. The molecule has 4 heteroatoms. The average Bonchev–Trinajstić information content (AvgIpc) is 2.04. The van der Waals surface area contributed by atoms with E-state index in [0.717, 1.165) is 12.5 Å². The fraction of sp³-hybridized carbons (Fsp3) is 1.00. The topological polar surface area (TPSA) is 29.3 Å². The number of hydrogen-bond acceptors (Lipinski definition) is 2. The van der Waals surface area contributed by atoms with Gasteiger partial charge in [0, 0.05) is 19.1 Å². The van der Waals surface area contributed by atoms with Crippen LogP contribution >= 0.6 is 24.8 Å². The summed E-state index contributed by atoms with van der Waals surface area (Å²) >= 11 is 0. The van der Waals surface area contributed by atoms with E-state index in [1.807, 2.05) is 0 Å². The monoisotopic (exact) mass is 242 g/mol. The molecule has 0 spiro atoms. The zero-order valence-electron chi connectivity index (χ0n) is 9.24. The molecule has 2 nitrogen and oxygen atoms in total. The molecule has 0 radical (unpaired) electrons. The number of likely N-dealkylation sites (tertiary alicyclic amines) is 1. The van der Waals surface area contributed by atoms with Gasteiger partial charge in [0.2, 0.25) is 0 Å². The van der Waals surface area contributed by atoms with Crippen molar-refractivity contribution in [1.82, 2.24) is 4.90 Å². The van der Waals surface area contributed by atoms with Gasteiger partial charge in [-0.25, -0.2) is 0 Å². The Balaban J connectivity index is 0. The van der Waals surface area contributed by atoms with Gasteiger partial charge in [0.05, 0.1) is 0 Å². The highest BCUT2D eigenvalue weighted by atomic mass is 35.5. The minimum atomic E-state index is 0. The first-order chi connectivity index (χ1) is 5.74. The van der Waals surface area contributed by atoms with Crippen molar-refractivity contribution in [2.24, 2.45) is 11.7 Å². The lowest BCUT2D eigenvalue weighted by Gasteiger charge is -2.36. The van der Waals surface area contributed by atoms with E-state index in [4.69, 9.17) is 5.73 Å². The summed E-state index contributed by atoms with van der Waals surface area (Å²) in [6.45, 7) is 7.89. The van der Waals surface area contributed by atoms with Crippen molar-refractivity contribution in [3.05, 3.63) is 0 Å². The zero-order chi connectivity index (χ0) is 8.97. The molecule has 1 aliphatic rings. The molecule has 1 atom stereocenters. The highest BCUT2D eigenvalue weighted by Gasteiger charge is 2.20. The number of hydrogen-bond donors (Lipinski definition) is 1. The standard InChI is InChI=1S/C10H22N2.2ClH/c1-9(2)8-12-6-4-3-5-10(12)7-11;;/h9-10H,3-8,11H2,1-2H3;2*1H. The summed E-state index contributed by atoms with van der Waals surface area (Å²) in [7, 11) is 0. The highest BCUT2D eigenvalue weighted by molar-refractivity contribution is 5.85. The molecule has 14 heavy (non-hydrogen) atoms. The van der Waals surface area contributed by atoms with Crippen molar-refractivity contribution in [2.45, 2.75) is 39.2 Å². The maximum absolute atomic E-state index is 5.73. The van der Waals surface area contributed by atoms with Gasteiger partial charge in [-0.05, 0) is 25.3 Å². The summed E-state index contributed by atoms with van der Waals surface area (Å²) < 4.78 is 0. The fourth-order valence-electron chi connectivity index (χ4n) is 2.04. The van der Waals surface area contributed by atoms with Crippen LogP contribution in [0.5, 0.6) is 0 Å². The summed E-state index contributed by atoms with van der Waals surface area (Å²) in [5.41, 5.74) is 5.73. The average molecular weight is 243 g/mol. The van der Waals surface area contributed by atoms with E-state index < -0.39 is 0 Å². The first kappa shape index (κ1) is 16.9. The van der Waals surface area contributed by atoms with E-state index >= 15 is 0 Å². The van der Waals surface area contributed by atoms with Crippen molar-refractivity contribution in [2.75, 3.05) is 19.6 Å². The van der Waals surface area contributed by atoms with E-state index in [1.165, 1.54) is 32.4 Å². The van der Waals surface area contributed by atoms with Gasteiger partial charge in [-0.1, -0.05) is 20.3 Å². The Kier molecular flexibility index (Phi) is 10.6. The molecule has 0 aliphatic carbocycles. The molecule has 1 fully saturated rings. The van der Waals surface area contributed by atoms with E-state index in [2.05, 4.69) is 18.7 Å². The lowest BCUT2D eigenvalue weighted by atomic mass is 10.0. The van der Waals surface area contributed by atoms with Crippen LogP contribution < -0.4 is 5.73 Å². The minimum absolute atomic E-state index is 0. The van der Waals surface area contributed by atoms with Crippen molar-refractivity contribution < 1.29 is 0 Å². The Bertz CT molecular complexity index is 131. The second-order valence-electron chi connectivity index (χ2n) is 4.27. The van der Waals surface area contributed by atoms with E-state index in [-0.39, 0.29) is 24.8 Å². The minimum Gasteiger partial charge on any atom is -0.329 e. The predicted molar refractivity (Wildman–Crippen MR) is 67.6 cm³/mol. The van der Waals surface area contributed by atoms with Crippen molar-refractivity contribution in [3.8, 4) is 0 Å². The Morgan fingerprint density at radius 1 is 1.29 bits per heavy atom. The quantitative estimate of drug-likeness (QED) is 0.824. The lowest BCUT2D eigenvalue weighted by Crippen LogP contribution is -2.45. The summed E-state index contributed by atoms with van der Waals surface area (Å²) in [6, 6.07) is 0.668. The van der Waals surface area contributed by atoms with Crippen LogP contribution in [0.4, 0.5) is 0 Å². The molecule has 0 aromatic heterocycles. The van der Waals surface area contributed by atoms with Crippen LogP contribution in [-0.4, -0.2) is 30.6 Å². The normalized spacial score (nSPS) is 22.7. The van der Waals surface area contributed by atoms with Gasteiger partial charge in [0.15, 0.2) is 0 Å². The smallest absolute Gasteiger partial charge is 0.0218 e. The van der Waals surface area contributed by atoms with E-state index in [0.29, 0.717) is 6.04 Å². The van der Waals surface area contributed by atoms with Crippen molar-refractivity contribution in [1.29, 1.82) is 0 Å². The molecule has 0 saturated carbocycles. The molecule has 0 bridgehead atoms. The molecule has 1 unspecified atom stereocenters. The molecular formula is C10H24Cl2N2. The second kappa shape index (κ2) is 8.78. The van der Waals surface area contributed by atoms with Gasteiger partial charge in [-0.3, -0.25) is 4.90 Å². The third kappa shape index (κ3) is 5.40.